The summed E-state index contributed by atoms with van der Waals surface area (Å²) >= 11 is 0. The molecule has 0 aromatic heterocycles. The van der Waals surface area contributed by atoms with Crippen LogP contribution in [0.2, 0.25) is 0 Å². The summed E-state index contributed by atoms with van der Waals surface area (Å²) in [5, 5.41) is 9.75. The molecule has 1 saturated carbocycles. The number of aliphatic hydroxyl groups is 1. The maximum absolute atomic E-state index is 9.75. The lowest BCUT2D eigenvalue weighted by atomic mass is 9.87. The van der Waals surface area contributed by atoms with Gasteiger partial charge in [-0.3, -0.25) is 0 Å². The van der Waals surface area contributed by atoms with E-state index < -0.39 is 5.54 Å². The van der Waals surface area contributed by atoms with Crippen LogP contribution in [0, 0.1) is 11.8 Å². The lowest BCUT2D eigenvalue weighted by molar-refractivity contribution is 0.172. The third kappa shape index (κ3) is 9.39. The normalized spacial score (nSPS) is 16.1. The number of benzene rings is 1. The van der Waals surface area contributed by atoms with Gasteiger partial charge in [0.1, 0.15) is 11.5 Å². The van der Waals surface area contributed by atoms with Gasteiger partial charge in [-0.25, -0.2) is 0 Å². The second-order valence-corrected chi connectivity index (χ2v) is 9.44. The first kappa shape index (κ1) is 24.0. The molecule has 0 bridgehead atoms. The molecule has 29 heavy (non-hydrogen) atoms. The van der Waals surface area contributed by atoms with Gasteiger partial charge in [-0.15, -0.1) is 0 Å². The number of nitrogens with two attached hydrogens (primary N) is 1. The van der Waals surface area contributed by atoms with Crippen LogP contribution in [-0.4, -0.2) is 31.0 Å². The molecule has 3 N–H and O–H groups in total. The molecule has 1 aromatic carbocycles. The van der Waals surface area contributed by atoms with Crippen LogP contribution in [0.15, 0.2) is 18.2 Å². The Hall–Kier alpha value is -1.26. The highest BCUT2D eigenvalue weighted by atomic mass is 16.5. The Morgan fingerprint density at radius 3 is 2.52 bits per heavy atom. The molecule has 1 atom stereocenters. The van der Waals surface area contributed by atoms with E-state index in [0.717, 1.165) is 55.3 Å². The molecule has 1 aromatic rings. The van der Waals surface area contributed by atoms with Crippen molar-refractivity contribution in [2.75, 3.05) is 20.3 Å². The minimum absolute atomic E-state index is 0.0461. The molecule has 4 nitrogen and oxygen atoms in total. The van der Waals surface area contributed by atoms with Gasteiger partial charge in [-0.2, -0.15) is 0 Å². The maximum atomic E-state index is 9.75. The van der Waals surface area contributed by atoms with Gasteiger partial charge < -0.3 is 20.3 Å². The van der Waals surface area contributed by atoms with E-state index >= 15 is 0 Å². The van der Waals surface area contributed by atoms with Crippen molar-refractivity contribution < 1.29 is 14.6 Å². The standard InChI is InChI=1S/C25H43NO3/c1-20(2)9-7-5-4-6-8-16-29-23-13-12-22(24(17-23)28-3)14-15-25(26,19-27)18-21-10-11-21/h12-13,17,20-21,27H,4-11,14-16,18-19,26H2,1-3H3. The van der Waals surface area contributed by atoms with Gasteiger partial charge >= 0.3 is 0 Å². The highest BCUT2D eigenvalue weighted by Gasteiger charge is 2.33. The Morgan fingerprint density at radius 2 is 1.86 bits per heavy atom. The minimum atomic E-state index is -0.476. The lowest BCUT2D eigenvalue weighted by Crippen LogP contribution is -2.44. The van der Waals surface area contributed by atoms with Crippen LogP contribution in [0.3, 0.4) is 0 Å². The third-order valence-corrected chi connectivity index (χ3v) is 6.05. The third-order valence-electron chi connectivity index (χ3n) is 6.05. The number of unbranched alkanes of at least 4 members (excludes halogenated alkanes) is 4. The number of rotatable bonds is 16. The Labute approximate surface area is 178 Å². The summed E-state index contributed by atoms with van der Waals surface area (Å²) in [5.41, 5.74) is 7.08. The highest BCUT2D eigenvalue weighted by molar-refractivity contribution is 5.41. The summed E-state index contributed by atoms with van der Waals surface area (Å²) in [6.45, 7) is 5.39. The van der Waals surface area contributed by atoms with Crippen LogP contribution in [0.1, 0.15) is 83.6 Å². The van der Waals surface area contributed by atoms with Crippen molar-refractivity contribution in [3.63, 3.8) is 0 Å². The fraction of sp³-hybridized carbons (Fsp3) is 0.760. The summed E-state index contributed by atoms with van der Waals surface area (Å²) in [6, 6.07) is 6.09. The average Bonchev–Trinajstić information content (AvgIpc) is 3.52. The summed E-state index contributed by atoms with van der Waals surface area (Å²) in [5.74, 6) is 3.24. The van der Waals surface area contributed by atoms with Crippen LogP contribution < -0.4 is 15.2 Å². The second kappa shape index (κ2) is 12.4. The first-order valence-corrected chi connectivity index (χ1v) is 11.7. The van der Waals surface area contributed by atoms with Gasteiger partial charge in [-0.1, -0.05) is 64.9 Å². The molecule has 0 radical (unpaired) electrons. The summed E-state index contributed by atoms with van der Waals surface area (Å²) < 4.78 is 11.5. The van der Waals surface area contributed by atoms with Crippen molar-refractivity contribution in [1.29, 1.82) is 0 Å². The quantitative estimate of drug-likeness (QED) is 0.357. The summed E-state index contributed by atoms with van der Waals surface area (Å²) in [4.78, 5) is 0. The zero-order valence-corrected chi connectivity index (χ0v) is 18.9. The van der Waals surface area contributed by atoms with Crippen molar-refractivity contribution in [1.82, 2.24) is 0 Å². The largest absolute Gasteiger partial charge is 0.496 e. The number of methoxy groups -OCH3 is 1. The average molecular weight is 406 g/mol. The van der Waals surface area contributed by atoms with E-state index in [0.29, 0.717) is 5.92 Å². The number of hydrogen-bond donors (Lipinski definition) is 2. The molecule has 1 aliphatic rings. The van der Waals surface area contributed by atoms with E-state index in [9.17, 15) is 5.11 Å². The van der Waals surface area contributed by atoms with Crippen LogP contribution in [0.4, 0.5) is 0 Å². The van der Waals surface area contributed by atoms with Crippen LogP contribution in [0.5, 0.6) is 11.5 Å². The molecule has 1 aliphatic carbocycles. The summed E-state index contributed by atoms with van der Waals surface area (Å²) in [6.07, 6.45) is 12.7. The van der Waals surface area contributed by atoms with Crippen molar-refractivity contribution in [2.45, 2.75) is 90.0 Å². The van der Waals surface area contributed by atoms with Gasteiger partial charge in [0.2, 0.25) is 0 Å². The fourth-order valence-electron chi connectivity index (χ4n) is 3.92. The van der Waals surface area contributed by atoms with Crippen molar-refractivity contribution in [3.05, 3.63) is 23.8 Å². The molecule has 2 rings (SSSR count). The molecular formula is C25H43NO3. The minimum Gasteiger partial charge on any atom is -0.496 e. The van der Waals surface area contributed by atoms with E-state index in [2.05, 4.69) is 19.9 Å². The zero-order chi connectivity index (χ0) is 21.1. The molecule has 1 unspecified atom stereocenters. The number of aliphatic hydroxyl groups excluding tert-OH is 1. The molecule has 0 spiro atoms. The van der Waals surface area contributed by atoms with E-state index in [1.165, 1.54) is 44.9 Å². The van der Waals surface area contributed by atoms with Crippen LogP contribution >= 0.6 is 0 Å². The molecule has 0 heterocycles. The van der Waals surface area contributed by atoms with Crippen molar-refractivity contribution >= 4 is 0 Å². The summed E-state index contributed by atoms with van der Waals surface area (Å²) in [7, 11) is 1.70. The molecule has 0 amide bonds. The van der Waals surface area contributed by atoms with Gasteiger partial charge in [0.15, 0.2) is 0 Å². The SMILES string of the molecule is COc1cc(OCCCCCCCC(C)C)ccc1CCC(N)(CO)CC1CC1. The monoisotopic (exact) mass is 405 g/mol. The molecule has 0 aliphatic heterocycles. The van der Waals surface area contributed by atoms with Gasteiger partial charge in [0.25, 0.3) is 0 Å². The smallest absolute Gasteiger partial charge is 0.125 e. The Kier molecular flexibility index (Phi) is 10.3. The topological polar surface area (TPSA) is 64.7 Å². The molecule has 1 fully saturated rings. The maximum Gasteiger partial charge on any atom is 0.125 e. The first-order chi connectivity index (χ1) is 14.0. The predicted octanol–water partition coefficient (Wildman–Crippen LogP) is 5.49. The highest BCUT2D eigenvalue weighted by Crippen LogP contribution is 2.37. The van der Waals surface area contributed by atoms with E-state index in [-0.39, 0.29) is 6.61 Å². The van der Waals surface area contributed by atoms with Crippen molar-refractivity contribution in [2.24, 2.45) is 17.6 Å². The lowest BCUT2D eigenvalue weighted by Gasteiger charge is -2.27. The Morgan fingerprint density at radius 1 is 1.14 bits per heavy atom. The van der Waals surface area contributed by atoms with E-state index in [1.54, 1.807) is 7.11 Å². The zero-order valence-electron chi connectivity index (χ0n) is 18.9. The molecule has 166 valence electrons. The number of hydrogen-bond acceptors (Lipinski definition) is 4. The van der Waals surface area contributed by atoms with Gasteiger partial charge in [0, 0.05) is 11.6 Å². The predicted molar refractivity (Wildman–Crippen MR) is 121 cm³/mol. The Balaban J connectivity index is 1.71. The van der Waals surface area contributed by atoms with Gasteiger partial charge in [0.05, 0.1) is 20.3 Å². The van der Waals surface area contributed by atoms with E-state index in [4.69, 9.17) is 15.2 Å². The molecular weight excluding hydrogens is 362 g/mol. The Bertz CT molecular complexity index is 585. The number of aryl methyl sites for hydroxylation is 1. The first-order valence-electron chi connectivity index (χ1n) is 11.7. The van der Waals surface area contributed by atoms with E-state index in [1.807, 2.05) is 12.1 Å². The fourth-order valence-corrected chi connectivity index (χ4v) is 3.92. The number of ether oxygens (including phenoxy) is 2. The van der Waals surface area contributed by atoms with Crippen LogP contribution in [-0.2, 0) is 6.42 Å². The van der Waals surface area contributed by atoms with Crippen molar-refractivity contribution in [3.8, 4) is 11.5 Å². The molecule has 0 saturated heterocycles. The second-order valence-electron chi connectivity index (χ2n) is 9.44. The molecule has 4 heteroatoms. The van der Waals surface area contributed by atoms with Crippen LogP contribution in [0.25, 0.3) is 0 Å². The van der Waals surface area contributed by atoms with Gasteiger partial charge in [-0.05, 0) is 49.1 Å².